The number of nitrogens with two attached hydrogens (primary N) is 1. The molecule has 13 heavy (non-hydrogen) atoms. The van der Waals surface area contributed by atoms with Crippen LogP contribution in [0.5, 0.6) is 0 Å². The number of anilines is 1. The van der Waals surface area contributed by atoms with E-state index in [1.54, 1.807) is 6.20 Å². The van der Waals surface area contributed by atoms with E-state index in [-0.39, 0.29) is 0 Å². The average molecular weight is 350 g/mol. The lowest BCUT2D eigenvalue weighted by atomic mass is 10.2. The van der Waals surface area contributed by atoms with Crippen molar-refractivity contribution in [2.75, 3.05) is 5.73 Å². The van der Waals surface area contributed by atoms with Crippen molar-refractivity contribution in [1.82, 2.24) is 9.97 Å². The Hall–Kier alpha value is -0.430. The number of pyridine rings is 2. The van der Waals surface area contributed by atoms with Gasteiger partial charge >= 0.3 is 0 Å². The second-order valence-corrected chi connectivity index (χ2v) is 4.33. The molecule has 2 aromatic rings. The van der Waals surface area contributed by atoms with Crippen molar-refractivity contribution in [1.29, 1.82) is 0 Å². The quantitative estimate of drug-likeness (QED) is 0.587. The Balaban J connectivity index is 2.97. The molecule has 66 valence electrons. The van der Waals surface area contributed by atoms with Gasteiger partial charge in [-0.25, -0.2) is 4.98 Å². The summed E-state index contributed by atoms with van der Waals surface area (Å²) in [4.78, 5) is 8.34. The van der Waals surface area contributed by atoms with Crippen LogP contribution in [0.3, 0.4) is 0 Å². The van der Waals surface area contributed by atoms with Crippen LogP contribution in [0, 0.1) is 3.57 Å². The molecule has 0 aliphatic heterocycles. The van der Waals surface area contributed by atoms with Crippen LogP contribution in [0.25, 0.3) is 10.9 Å². The van der Waals surface area contributed by atoms with Crippen LogP contribution < -0.4 is 5.73 Å². The van der Waals surface area contributed by atoms with Crippen LogP contribution in [-0.4, -0.2) is 9.97 Å². The zero-order chi connectivity index (χ0) is 9.42. The SMILES string of the molecule is Nc1nc(Br)c2ncccc2c1I. The Bertz CT molecular complexity index is 472. The van der Waals surface area contributed by atoms with Gasteiger partial charge in [-0.05, 0) is 50.7 Å². The maximum absolute atomic E-state index is 5.71. The standard InChI is InChI=1S/C8H5BrIN3/c9-7-6-4(2-1-3-12-6)5(10)8(11)13-7/h1-3H,(H2,11,13). The zero-order valence-electron chi connectivity index (χ0n) is 6.46. The van der Waals surface area contributed by atoms with E-state index < -0.39 is 0 Å². The first-order chi connectivity index (χ1) is 6.20. The molecule has 0 spiro atoms. The van der Waals surface area contributed by atoms with Gasteiger partial charge in [-0.1, -0.05) is 0 Å². The fourth-order valence-electron chi connectivity index (χ4n) is 1.09. The van der Waals surface area contributed by atoms with Crippen molar-refractivity contribution in [3.8, 4) is 0 Å². The molecule has 3 nitrogen and oxygen atoms in total. The van der Waals surface area contributed by atoms with Gasteiger partial charge in [0.1, 0.15) is 15.9 Å². The summed E-state index contributed by atoms with van der Waals surface area (Å²) in [5.74, 6) is 0.535. The molecule has 0 bridgehead atoms. The molecule has 5 heteroatoms. The molecule has 0 unspecified atom stereocenters. The highest BCUT2D eigenvalue weighted by atomic mass is 127. The molecule has 0 radical (unpaired) electrons. The molecule has 0 aliphatic carbocycles. The summed E-state index contributed by atoms with van der Waals surface area (Å²) >= 11 is 5.50. The average Bonchev–Trinajstić information content (AvgIpc) is 2.15. The third-order valence-electron chi connectivity index (χ3n) is 1.68. The molecule has 2 heterocycles. The van der Waals surface area contributed by atoms with Crippen LogP contribution in [0.1, 0.15) is 0 Å². The molecule has 2 N–H and O–H groups in total. The minimum absolute atomic E-state index is 0.535. The van der Waals surface area contributed by atoms with E-state index in [0.717, 1.165) is 14.5 Å². The van der Waals surface area contributed by atoms with Crippen LogP contribution in [0.2, 0.25) is 0 Å². The van der Waals surface area contributed by atoms with Crippen molar-refractivity contribution in [3.05, 3.63) is 26.5 Å². The van der Waals surface area contributed by atoms with Crippen LogP contribution in [0.4, 0.5) is 5.82 Å². The Labute approximate surface area is 97.0 Å². The maximum Gasteiger partial charge on any atom is 0.138 e. The molecular formula is C8H5BrIN3. The van der Waals surface area contributed by atoms with Crippen molar-refractivity contribution >= 4 is 55.2 Å². The van der Waals surface area contributed by atoms with E-state index in [1.165, 1.54) is 0 Å². The second kappa shape index (κ2) is 3.38. The third-order valence-corrected chi connectivity index (χ3v) is 3.37. The van der Waals surface area contributed by atoms with Gasteiger partial charge in [-0.3, -0.25) is 4.98 Å². The molecule has 0 aromatic carbocycles. The van der Waals surface area contributed by atoms with Crippen molar-refractivity contribution in [2.45, 2.75) is 0 Å². The fourth-order valence-corrected chi connectivity index (χ4v) is 2.16. The molecule has 0 saturated heterocycles. The first kappa shape index (κ1) is 9.14. The highest BCUT2D eigenvalue weighted by molar-refractivity contribution is 14.1. The number of hydrogen-bond donors (Lipinski definition) is 1. The summed E-state index contributed by atoms with van der Waals surface area (Å²) in [6, 6.07) is 3.86. The van der Waals surface area contributed by atoms with Gasteiger partial charge in [0.2, 0.25) is 0 Å². The van der Waals surface area contributed by atoms with Gasteiger partial charge in [0.15, 0.2) is 0 Å². The minimum Gasteiger partial charge on any atom is -0.383 e. The number of halogens is 2. The first-order valence-electron chi connectivity index (χ1n) is 3.55. The Morgan fingerprint density at radius 2 is 2.23 bits per heavy atom. The molecule has 2 aromatic heterocycles. The van der Waals surface area contributed by atoms with Crippen molar-refractivity contribution < 1.29 is 0 Å². The lowest BCUT2D eigenvalue weighted by Gasteiger charge is -2.03. The predicted octanol–water partition coefficient (Wildman–Crippen LogP) is 2.58. The number of rotatable bonds is 0. The van der Waals surface area contributed by atoms with E-state index in [2.05, 4.69) is 48.5 Å². The summed E-state index contributed by atoms with van der Waals surface area (Å²) in [6.45, 7) is 0. The summed E-state index contributed by atoms with van der Waals surface area (Å²) in [6.07, 6.45) is 1.74. The van der Waals surface area contributed by atoms with E-state index in [0.29, 0.717) is 10.4 Å². The first-order valence-corrected chi connectivity index (χ1v) is 5.42. The molecule has 0 fully saturated rings. The van der Waals surface area contributed by atoms with Crippen molar-refractivity contribution in [3.63, 3.8) is 0 Å². The van der Waals surface area contributed by atoms with E-state index >= 15 is 0 Å². The van der Waals surface area contributed by atoms with Gasteiger partial charge in [0.05, 0.1) is 3.57 Å². The lowest BCUT2D eigenvalue weighted by Crippen LogP contribution is -1.96. The number of hydrogen-bond acceptors (Lipinski definition) is 3. The number of fused-ring (bicyclic) bond motifs is 1. The van der Waals surface area contributed by atoms with Crippen LogP contribution in [-0.2, 0) is 0 Å². The number of aromatic nitrogens is 2. The van der Waals surface area contributed by atoms with E-state index in [4.69, 9.17) is 5.73 Å². The summed E-state index contributed by atoms with van der Waals surface area (Å²) in [5, 5.41) is 1.03. The molecular weight excluding hydrogens is 345 g/mol. The smallest absolute Gasteiger partial charge is 0.138 e. The molecule has 0 aliphatic rings. The van der Waals surface area contributed by atoms with Crippen molar-refractivity contribution in [2.24, 2.45) is 0 Å². The van der Waals surface area contributed by atoms with Gasteiger partial charge in [-0.15, -0.1) is 0 Å². The normalized spacial score (nSPS) is 10.6. The Morgan fingerprint density at radius 1 is 1.46 bits per heavy atom. The highest BCUT2D eigenvalue weighted by Gasteiger charge is 2.07. The van der Waals surface area contributed by atoms with Gasteiger partial charge in [0.25, 0.3) is 0 Å². The van der Waals surface area contributed by atoms with E-state index in [9.17, 15) is 0 Å². The maximum atomic E-state index is 5.71. The molecule has 0 amide bonds. The van der Waals surface area contributed by atoms with Gasteiger partial charge in [0, 0.05) is 11.6 Å². The van der Waals surface area contributed by atoms with Gasteiger partial charge < -0.3 is 5.73 Å². The Morgan fingerprint density at radius 3 is 3.00 bits per heavy atom. The highest BCUT2D eigenvalue weighted by Crippen LogP contribution is 2.27. The van der Waals surface area contributed by atoms with Gasteiger partial charge in [-0.2, -0.15) is 0 Å². The summed E-state index contributed by atoms with van der Waals surface area (Å²) < 4.78 is 1.64. The zero-order valence-corrected chi connectivity index (χ0v) is 10.2. The third kappa shape index (κ3) is 1.50. The van der Waals surface area contributed by atoms with E-state index in [1.807, 2.05) is 12.1 Å². The lowest BCUT2D eigenvalue weighted by molar-refractivity contribution is 1.26. The fraction of sp³-hybridized carbons (Fsp3) is 0. The number of nitrogens with zero attached hydrogens (tertiary/aromatic N) is 2. The summed E-state index contributed by atoms with van der Waals surface area (Å²) in [7, 11) is 0. The molecule has 0 atom stereocenters. The van der Waals surface area contributed by atoms with Crippen LogP contribution in [0.15, 0.2) is 22.9 Å². The molecule has 2 rings (SSSR count). The monoisotopic (exact) mass is 349 g/mol. The summed E-state index contributed by atoms with van der Waals surface area (Å²) in [5.41, 5.74) is 6.56. The Kier molecular flexibility index (Phi) is 2.37. The largest absolute Gasteiger partial charge is 0.383 e. The predicted molar refractivity (Wildman–Crippen MR) is 64.4 cm³/mol. The topological polar surface area (TPSA) is 51.8 Å². The molecule has 0 saturated carbocycles. The minimum atomic E-state index is 0.535. The second-order valence-electron chi connectivity index (χ2n) is 2.50. The van der Waals surface area contributed by atoms with Crippen LogP contribution >= 0.6 is 38.5 Å². The number of nitrogen functional groups attached to an aromatic ring is 1.